The van der Waals surface area contributed by atoms with Gasteiger partial charge < -0.3 is 14.6 Å². The van der Waals surface area contributed by atoms with E-state index in [1.165, 1.54) is 20.4 Å². The Morgan fingerprint density at radius 1 is 1.33 bits per heavy atom. The molecule has 1 heterocycles. The third-order valence-corrected chi connectivity index (χ3v) is 2.46. The smallest absolute Gasteiger partial charge is 0.271 e. The summed E-state index contributed by atoms with van der Waals surface area (Å²) in [5, 5.41) is 20.8. The van der Waals surface area contributed by atoms with Gasteiger partial charge in [0.05, 0.1) is 20.4 Å². The summed E-state index contributed by atoms with van der Waals surface area (Å²) < 4.78 is 10.1. The zero-order valence-corrected chi connectivity index (χ0v) is 11.3. The van der Waals surface area contributed by atoms with Gasteiger partial charge in [-0.05, 0) is 12.1 Å². The summed E-state index contributed by atoms with van der Waals surface area (Å²) in [5.74, 6) is 0.521. The monoisotopic (exact) mass is 291 g/mol. The van der Waals surface area contributed by atoms with Crippen LogP contribution in [-0.4, -0.2) is 40.7 Å². The van der Waals surface area contributed by atoms with Gasteiger partial charge in [-0.15, -0.1) is 10.2 Å². The van der Waals surface area contributed by atoms with Crippen molar-refractivity contribution in [1.29, 1.82) is 0 Å². The van der Waals surface area contributed by atoms with E-state index in [1.807, 2.05) is 0 Å². The number of anilines is 1. The molecule has 2 rings (SSSR count). The second-order valence-corrected chi connectivity index (χ2v) is 3.83. The highest BCUT2D eigenvalue weighted by molar-refractivity contribution is 5.82. The number of aromatic amines is 1. The lowest BCUT2D eigenvalue weighted by atomic mass is 10.2. The minimum Gasteiger partial charge on any atom is -0.502 e. The molecule has 0 atom stereocenters. The number of benzene rings is 1. The van der Waals surface area contributed by atoms with Crippen LogP contribution < -0.4 is 20.5 Å². The molecule has 0 bridgehead atoms. The van der Waals surface area contributed by atoms with Crippen molar-refractivity contribution in [3.63, 3.8) is 0 Å². The Labute approximate surface area is 119 Å². The van der Waals surface area contributed by atoms with Crippen LogP contribution in [0.3, 0.4) is 0 Å². The van der Waals surface area contributed by atoms with Crippen molar-refractivity contribution in [3.05, 3.63) is 34.2 Å². The molecule has 9 nitrogen and oxygen atoms in total. The van der Waals surface area contributed by atoms with E-state index < -0.39 is 5.56 Å². The van der Waals surface area contributed by atoms with E-state index in [0.29, 0.717) is 5.56 Å². The summed E-state index contributed by atoms with van der Waals surface area (Å²) in [6.07, 6.45) is 2.49. The Bertz CT molecular complexity index is 688. The van der Waals surface area contributed by atoms with Crippen molar-refractivity contribution < 1.29 is 14.6 Å². The number of methoxy groups -OCH3 is 2. The number of ether oxygens (including phenoxy) is 2. The molecule has 0 unspecified atom stereocenters. The molecule has 110 valence electrons. The van der Waals surface area contributed by atoms with Crippen molar-refractivity contribution >= 4 is 12.2 Å². The standard InChI is InChI=1S/C12H13N5O4/c1-20-8-3-7(4-9(21-2)11(8)19)5-13-16-12-15-10(18)6-14-17-12/h3-6,19H,1-2H3,(H2,15,16,17,18)/b13-5-. The van der Waals surface area contributed by atoms with Crippen LogP contribution in [0.5, 0.6) is 17.2 Å². The molecule has 1 aromatic carbocycles. The van der Waals surface area contributed by atoms with Crippen LogP contribution in [0.4, 0.5) is 5.95 Å². The van der Waals surface area contributed by atoms with Crippen LogP contribution in [0.25, 0.3) is 0 Å². The molecule has 0 fully saturated rings. The number of hydrogen-bond donors (Lipinski definition) is 3. The summed E-state index contributed by atoms with van der Waals surface area (Å²) in [4.78, 5) is 13.4. The maximum Gasteiger partial charge on any atom is 0.271 e. The van der Waals surface area contributed by atoms with Gasteiger partial charge in [-0.2, -0.15) is 5.10 Å². The molecule has 0 aliphatic rings. The van der Waals surface area contributed by atoms with Gasteiger partial charge in [0.1, 0.15) is 6.20 Å². The Morgan fingerprint density at radius 2 is 2.00 bits per heavy atom. The summed E-state index contributed by atoms with van der Waals surface area (Å²) in [6, 6.07) is 3.14. The fourth-order valence-electron chi connectivity index (χ4n) is 1.52. The normalized spacial score (nSPS) is 10.6. The maximum atomic E-state index is 11.0. The van der Waals surface area contributed by atoms with Gasteiger partial charge in [-0.3, -0.25) is 9.78 Å². The average Bonchev–Trinajstić information content (AvgIpc) is 2.48. The van der Waals surface area contributed by atoms with Gasteiger partial charge in [0, 0.05) is 5.56 Å². The lowest BCUT2D eigenvalue weighted by Gasteiger charge is -2.09. The van der Waals surface area contributed by atoms with Gasteiger partial charge >= 0.3 is 0 Å². The topological polar surface area (TPSA) is 122 Å². The second-order valence-electron chi connectivity index (χ2n) is 3.83. The van der Waals surface area contributed by atoms with Crippen LogP contribution >= 0.6 is 0 Å². The third kappa shape index (κ3) is 3.47. The van der Waals surface area contributed by atoms with Gasteiger partial charge in [-0.1, -0.05) is 0 Å². The van der Waals surface area contributed by atoms with E-state index >= 15 is 0 Å². The number of hydrazone groups is 1. The highest BCUT2D eigenvalue weighted by Gasteiger charge is 2.10. The van der Waals surface area contributed by atoms with Gasteiger partial charge in [0.15, 0.2) is 11.5 Å². The van der Waals surface area contributed by atoms with Gasteiger partial charge in [0.2, 0.25) is 11.7 Å². The SMILES string of the molecule is COc1cc(/C=N\Nc2nncc(=O)[nH]2)cc(OC)c1O. The van der Waals surface area contributed by atoms with Crippen molar-refractivity contribution in [1.82, 2.24) is 15.2 Å². The lowest BCUT2D eigenvalue weighted by Crippen LogP contribution is -2.10. The van der Waals surface area contributed by atoms with E-state index in [2.05, 4.69) is 25.7 Å². The molecular formula is C12H13N5O4. The Kier molecular flexibility index (Phi) is 4.34. The highest BCUT2D eigenvalue weighted by Crippen LogP contribution is 2.36. The van der Waals surface area contributed by atoms with Crippen LogP contribution in [0, 0.1) is 0 Å². The number of phenols is 1. The number of nitrogens with zero attached hydrogens (tertiary/aromatic N) is 3. The minimum atomic E-state index is -0.393. The van der Waals surface area contributed by atoms with E-state index in [0.717, 1.165) is 6.20 Å². The first-order chi connectivity index (χ1) is 10.1. The summed E-state index contributed by atoms with van der Waals surface area (Å²) in [7, 11) is 2.86. The molecule has 3 N–H and O–H groups in total. The number of nitrogens with one attached hydrogen (secondary N) is 2. The fourth-order valence-corrected chi connectivity index (χ4v) is 1.52. The van der Waals surface area contributed by atoms with E-state index in [4.69, 9.17) is 9.47 Å². The average molecular weight is 291 g/mol. The quantitative estimate of drug-likeness (QED) is 0.536. The molecule has 2 aromatic rings. The Balaban J connectivity index is 2.19. The predicted molar refractivity (Wildman–Crippen MR) is 75.1 cm³/mol. The van der Waals surface area contributed by atoms with Gasteiger partial charge in [0.25, 0.3) is 5.56 Å². The third-order valence-electron chi connectivity index (χ3n) is 2.46. The molecule has 21 heavy (non-hydrogen) atoms. The number of rotatable bonds is 5. The molecule has 0 aliphatic carbocycles. The number of H-pyrrole nitrogens is 1. The number of aromatic nitrogens is 3. The lowest BCUT2D eigenvalue weighted by molar-refractivity contribution is 0.340. The molecule has 0 radical (unpaired) electrons. The predicted octanol–water partition coefficient (Wildman–Crippen LogP) is 0.334. The first-order valence-electron chi connectivity index (χ1n) is 5.80. The highest BCUT2D eigenvalue weighted by atomic mass is 16.5. The number of phenolic OH excluding ortho intramolecular Hbond substituents is 1. The van der Waals surface area contributed by atoms with Gasteiger partial charge in [-0.25, -0.2) is 5.43 Å². The molecular weight excluding hydrogens is 278 g/mol. The van der Waals surface area contributed by atoms with Crippen LogP contribution in [0.1, 0.15) is 5.56 Å². The van der Waals surface area contributed by atoms with Crippen LogP contribution in [0.2, 0.25) is 0 Å². The van der Waals surface area contributed by atoms with Crippen LogP contribution in [0.15, 0.2) is 28.2 Å². The first-order valence-corrected chi connectivity index (χ1v) is 5.80. The number of aromatic hydroxyl groups is 1. The van der Waals surface area contributed by atoms with Crippen molar-refractivity contribution in [3.8, 4) is 17.2 Å². The molecule has 0 aliphatic heterocycles. The molecule has 9 heteroatoms. The van der Waals surface area contributed by atoms with E-state index in [-0.39, 0.29) is 23.2 Å². The zero-order valence-electron chi connectivity index (χ0n) is 11.3. The fraction of sp³-hybridized carbons (Fsp3) is 0.167. The summed E-state index contributed by atoms with van der Waals surface area (Å²) in [6.45, 7) is 0. The summed E-state index contributed by atoms with van der Waals surface area (Å²) >= 11 is 0. The molecule has 0 amide bonds. The number of hydrogen-bond acceptors (Lipinski definition) is 8. The van der Waals surface area contributed by atoms with Crippen molar-refractivity contribution in [2.45, 2.75) is 0 Å². The largest absolute Gasteiger partial charge is 0.502 e. The maximum absolute atomic E-state index is 11.0. The van der Waals surface area contributed by atoms with Crippen molar-refractivity contribution in [2.75, 3.05) is 19.6 Å². The van der Waals surface area contributed by atoms with Crippen LogP contribution in [-0.2, 0) is 0 Å². The minimum absolute atomic E-state index is 0.0941. The zero-order chi connectivity index (χ0) is 15.2. The molecule has 0 saturated carbocycles. The molecule has 1 aromatic heterocycles. The Morgan fingerprint density at radius 3 is 2.57 bits per heavy atom. The first kappa shape index (κ1) is 14.3. The molecule has 0 spiro atoms. The Hall–Kier alpha value is -3.10. The second kappa shape index (κ2) is 6.37. The van der Waals surface area contributed by atoms with E-state index in [9.17, 15) is 9.90 Å². The van der Waals surface area contributed by atoms with E-state index in [1.54, 1.807) is 12.1 Å². The molecule has 0 saturated heterocycles. The summed E-state index contributed by atoms with van der Waals surface area (Å²) in [5.41, 5.74) is 2.74. The van der Waals surface area contributed by atoms with Crippen molar-refractivity contribution in [2.24, 2.45) is 5.10 Å².